The molecule has 0 aromatic carbocycles. The van der Waals surface area contributed by atoms with Crippen molar-refractivity contribution in [2.24, 2.45) is 0 Å². The number of rotatable bonds is 6. The molecule has 8 heteroatoms. The molecule has 0 aromatic rings. The third-order valence-electron chi connectivity index (χ3n) is 1.78. The maximum Gasteiger partial charge on any atom is 0.275 e. The number of aliphatic hydroxyl groups excluding tert-OH is 3. The van der Waals surface area contributed by atoms with E-state index in [1.165, 1.54) is 27.7 Å². The standard InChI is InChI=1S/C9H18O7.C3H6O/c1-5(2)7(9(14,15)8(12)13)16-4-6(11)3-10;1-3(2)4/h6,8,10-15H,3-4H2,1-2H3;1-2H3. The number of Topliss-reactive ketones (excluding diaryl/α,β-unsaturated/α-hetero) is 1. The van der Waals surface area contributed by atoms with E-state index in [9.17, 15) is 15.0 Å². The smallest absolute Gasteiger partial charge is 0.275 e. The van der Waals surface area contributed by atoms with Crippen LogP contribution in [0.15, 0.2) is 11.3 Å². The van der Waals surface area contributed by atoms with E-state index in [0.717, 1.165) is 0 Å². The van der Waals surface area contributed by atoms with Gasteiger partial charge in [0.05, 0.1) is 6.61 Å². The van der Waals surface area contributed by atoms with E-state index in [1.807, 2.05) is 0 Å². The van der Waals surface area contributed by atoms with Crippen molar-refractivity contribution < 1.29 is 40.2 Å². The van der Waals surface area contributed by atoms with Gasteiger partial charge in [-0.15, -0.1) is 0 Å². The van der Waals surface area contributed by atoms with Crippen molar-refractivity contribution in [3.05, 3.63) is 11.3 Å². The van der Waals surface area contributed by atoms with Crippen LogP contribution in [0.3, 0.4) is 0 Å². The molecule has 0 aromatic heterocycles. The number of hydrogen-bond acceptors (Lipinski definition) is 8. The van der Waals surface area contributed by atoms with Gasteiger partial charge in [0.15, 0.2) is 5.76 Å². The third kappa shape index (κ3) is 8.97. The Labute approximate surface area is 117 Å². The Morgan fingerprint density at radius 1 is 1.10 bits per heavy atom. The zero-order valence-electron chi connectivity index (χ0n) is 12.1. The van der Waals surface area contributed by atoms with Gasteiger partial charge in [-0.2, -0.15) is 0 Å². The molecule has 120 valence electrons. The quantitative estimate of drug-likeness (QED) is 0.249. The van der Waals surface area contributed by atoms with Crippen LogP contribution in [0.25, 0.3) is 0 Å². The zero-order valence-corrected chi connectivity index (χ0v) is 12.1. The number of allylic oxidation sites excluding steroid dienone is 1. The molecule has 0 spiro atoms. The monoisotopic (exact) mass is 296 g/mol. The number of ketones is 1. The largest absolute Gasteiger partial charge is 0.489 e. The molecule has 0 saturated heterocycles. The molecule has 0 aliphatic carbocycles. The predicted molar refractivity (Wildman–Crippen MR) is 69.2 cm³/mol. The summed E-state index contributed by atoms with van der Waals surface area (Å²) < 4.78 is 4.83. The molecular weight excluding hydrogens is 272 g/mol. The van der Waals surface area contributed by atoms with E-state index in [1.54, 1.807) is 0 Å². The number of aliphatic hydroxyl groups is 6. The van der Waals surface area contributed by atoms with E-state index in [2.05, 4.69) is 0 Å². The van der Waals surface area contributed by atoms with Crippen LogP contribution < -0.4 is 0 Å². The first-order chi connectivity index (χ1) is 8.96. The van der Waals surface area contributed by atoms with Gasteiger partial charge >= 0.3 is 0 Å². The molecule has 1 unspecified atom stereocenters. The first kappa shape index (κ1) is 21.3. The van der Waals surface area contributed by atoms with Crippen LogP contribution in [-0.2, 0) is 9.53 Å². The van der Waals surface area contributed by atoms with Crippen LogP contribution in [0.1, 0.15) is 27.7 Å². The van der Waals surface area contributed by atoms with Gasteiger partial charge in [-0.1, -0.05) is 0 Å². The highest BCUT2D eigenvalue weighted by atomic mass is 16.6. The van der Waals surface area contributed by atoms with Gasteiger partial charge in [-0.3, -0.25) is 0 Å². The summed E-state index contributed by atoms with van der Waals surface area (Å²) >= 11 is 0. The SMILES string of the molecule is CC(C)=C(OCC(O)CO)C(O)(O)C(O)O.CC(C)=O. The van der Waals surface area contributed by atoms with Gasteiger partial charge in [-0.25, -0.2) is 0 Å². The van der Waals surface area contributed by atoms with Gasteiger partial charge in [0, 0.05) is 0 Å². The van der Waals surface area contributed by atoms with Crippen LogP contribution >= 0.6 is 0 Å². The Hall–Kier alpha value is -1.03. The lowest BCUT2D eigenvalue weighted by molar-refractivity contribution is -0.284. The van der Waals surface area contributed by atoms with Crippen LogP contribution in [0.5, 0.6) is 0 Å². The molecule has 8 nitrogen and oxygen atoms in total. The summed E-state index contributed by atoms with van der Waals surface area (Å²) in [5.74, 6) is -3.26. The Morgan fingerprint density at radius 2 is 1.50 bits per heavy atom. The van der Waals surface area contributed by atoms with Gasteiger partial charge in [0.1, 0.15) is 18.5 Å². The van der Waals surface area contributed by atoms with Crippen molar-refractivity contribution in [3.63, 3.8) is 0 Å². The van der Waals surface area contributed by atoms with E-state index < -0.39 is 37.2 Å². The molecule has 0 aliphatic rings. The molecule has 0 aliphatic heterocycles. The van der Waals surface area contributed by atoms with Crippen molar-refractivity contribution in [2.45, 2.75) is 45.9 Å². The van der Waals surface area contributed by atoms with E-state index in [-0.39, 0.29) is 5.78 Å². The molecule has 0 heterocycles. The summed E-state index contributed by atoms with van der Waals surface area (Å²) in [6.07, 6.45) is -3.63. The average Bonchev–Trinajstić information content (AvgIpc) is 2.27. The summed E-state index contributed by atoms with van der Waals surface area (Å²) in [4.78, 5) is 9.44. The van der Waals surface area contributed by atoms with Gasteiger partial charge in [-0.05, 0) is 33.3 Å². The van der Waals surface area contributed by atoms with Crippen LogP contribution in [0, 0.1) is 0 Å². The van der Waals surface area contributed by atoms with Crippen molar-refractivity contribution in [1.29, 1.82) is 0 Å². The Balaban J connectivity index is 0. The van der Waals surface area contributed by atoms with Crippen LogP contribution in [-0.4, -0.2) is 67.8 Å². The number of hydrogen-bond donors (Lipinski definition) is 6. The first-order valence-corrected chi connectivity index (χ1v) is 5.84. The fourth-order valence-electron chi connectivity index (χ4n) is 0.968. The predicted octanol–water partition coefficient (Wildman–Crippen LogP) is -1.76. The van der Waals surface area contributed by atoms with Gasteiger partial charge < -0.3 is 40.2 Å². The minimum absolute atomic E-state index is 0.167. The Kier molecular flexibility index (Phi) is 10.4. The molecule has 1 atom stereocenters. The van der Waals surface area contributed by atoms with Crippen molar-refractivity contribution in [2.75, 3.05) is 13.2 Å². The average molecular weight is 296 g/mol. The summed E-state index contributed by atoms with van der Waals surface area (Å²) in [7, 11) is 0. The lowest BCUT2D eigenvalue weighted by Gasteiger charge is -2.28. The number of carbonyl (C=O) groups is 1. The lowest BCUT2D eigenvalue weighted by Crippen LogP contribution is -2.45. The second-order valence-corrected chi connectivity index (χ2v) is 4.48. The Bertz CT molecular complexity index is 313. The van der Waals surface area contributed by atoms with E-state index in [0.29, 0.717) is 5.57 Å². The summed E-state index contributed by atoms with van der Waals surface area (Å²) in [5.41, 5.74) is 0.295. The molecule has 0 bridgehead atoms. The zero-order chi connectivity index (χ0) is 16.5. The molecule has 0 amide bonds. The topological polar surface area (TPSA) is 148 Å². The summed E-state index contributed by atoms with van der Waals surface area (Å²) in [6, 6.07) is 0. The molecule has 20 heavy (non-hydrogen) atoms. The van der Waals surface area contributed by atoms with Gasteiger partial charge in [0.25, 0.3) is 5.79 Å². The normalized spacial score (nSPS) is 12.3. The van der Waals surface area contributed by atoms with E-state index >= 15 is 0 Å². The van der Waals surface area contributed by atoms with Crippen LogP contribution in [0.2, 0.25) is 0 Å². The van der Waals surface area contributed by atoms with Crippen molar-refractivity contribution in [1.82, 2.24) is 0 Å². The molecular formula is C12H24O8. The van der Waals surface area contributed by atoms with Crippen molar-refractivity contribution in [3.8, 4) is 0 Å². The minimum Gasteiger partial charge on any atom is -0.489 e. The third-order valence-corrected chi connectivity index (χ3v) is 1.78. The summed E-state index contributed by atoms with van der Waals surface area (Å²) in [5, 5.41) is 53.7. The first-order valence-electron chi connectivity index (χ1n) is 5.84. The molecule has 6 N–H and O–H groups in total. The minimum atomic E-state index is -2.95. The van der Waals surface area contributed by atoms with Gasteiger partial charge in [0.2, 0.25) is 6.29 Å². The fraction of sp³-hybridized carbons (Fsp3) is 0.750. The molecule has 0 rings (SSSR count). The Morgan fingerprint density at radius 3 is 1.75 bits per heavy atom. The second kappa shape index (κ2) is 9.81. The highest BCUT2D eigenvalue weighted by Gasteiger charge is 2.39. The fourth-order valence-corrected chi connectivity index (χ4v) is 0.968. The second-order valence-electron chi connectivity index (χ2n) is 4.48. The summed E-state index contributed by atoms with van der Waals surface area (Å²) in [6.45, 7) is 5.03. The van der Waals surface area contributed by atoms with Crippen LogP contribution in [0.4, 0.5) is 0 Å². The maximum atomic E-state index is 9.44. The maximum absolute atomic E-state index is 9.44. The highest BCUT2D eigenvalue weighted by Crippen LogP contribution is 2.22. The number of ether oxygens (including phenoxy) is 1. The molecule has 0 radical (unpaired) electrons. The highest BCUT2D eigenvalue weighted by molar-refractivity contribution is 5.72. The van der Waals surface area contributed by atoms with E-state index in [4.69, 9.17) is 25.2 Å². The molecule has 0 fully saturated rings. The molecule has 0 saturated carbocycles. The lowest BCUT2D eigenvalue weighted by atomic mass is 10.1. The van der Waals surface area contributed by atoms with Crippen molar-refractivity contribution >= 4 is 5.78 Å². The number of carbonyl (C=O) groups excluding carboxylic acids is 1.